The Hall–Kier alpha value is -2.01. The van der Waals surface area contributed by atoms with Crippen molar-refractivity contribution in [1.29, 1.82) is 0 Å². The van der Waals surface area contributed by atoms with E-state index >= 15 is 0 Å². The van der Waals surface area contributed by atoms with Gasteiger partial charge in [0.05, 0.1) is 13.1 Å². The summed E-state index contributed by atoms with van der Waals surface area (Å²) >= 11 is 3.44. The number of amides is 1. The average molecular weight is 362 g/mol. The Balaban J connectivity index is 1.65. The molecule has 114 valence electrons. The van der Waals surface area contributed by atoms with Crippen LogP contribution in [0.15, 0.2) is 53.0 Å². The number of benzene rings is 2. The number of rotatable bonds is 2. The van der Waals surface area contributed by atoms with Gasteiger partial charge in [-0.2, -0.15) is 0 Å². The van der Waals surface area contributed by atoms with E-state index in [2.05, 4.69) is 15.9 Å². The first-order chi connectivity index (χ1) is 10.7. The van der Waals surface area contributed by atoms with Gasteiger partial charge in [-0.3, -0.25) is 0 Å². The van der Waals surface area contributed by atoms with Crippen LogP contribution in [0.25, 0.3) is 0 Å². The van der Waals surface area contributed by atoms with Crippen LogP contribution < -0.4 is 4.74 Å². The van der Waals surface area contributed by atoms with E-state index in [9.17, 15) is 4.79 Å². The molecule has 0 unspecified atom stereocenters. The third-order valence-electron chi connectivity index (χ3n) is 3.47. The molecule has 4 nitrogen and oxygen atoms in total. The Morgan fingerprint density at radius 1 is 1.23 bits per heavy atom. The van der Waals surface area contributed by atoms with E-state index in [1.165, 1.54) is 0 Å². The maximum atomic E-state index is 12.3. The zero-order valence-electron chi connectivity index (χ0n) is 12.0. The van der Waals surface area contributed by atoms with E-state index < -0.39 is 0 Å². The van der Waals surface area contributed by atoms with Crippen LogP contribution in [0.3, 0.4) is 0 Å². The number of hydrogen-bond donors (Lipinski definition) is 0. The molecule has 2 aromatic carbocycles. The van der Waals surface area contributed by atoms with Crippen molar-refractivity contribution in [2.45, 2.75) is 13.2 Å². The second-order valence-corrected chi connectivity index (χ2v) is 5.98. The average Bonchev–Trinajstić information content (AvgIpc) is 2.75. The fourth-order valence-electron chi connectivity index (χ4n) is 2.33. The van der Waals surface area contributed by atoms with Gasteiger partial charge in [0, 0.05) is 10.0 Å². The van der Waals surface area contributed by atoms with Crippen molar-refractivity contribution >= 4 is 22.0 Å². The van der Waals surface area contributed by atoms with Crippen LogP contribution in [0.1, 0.15) is 11.1 Å². The van der Waals surface area contributed by atoms with Gasteiger partial charge in [0.2, 0.25) is 0 Å². The van der Waals surface area contributed by atoms with Crippen molar-refractivity contribution in [2.75, 3.05) is 13.2 Å². The minimum absolute atomic E-state index is 0.280. The Bertz CT molecular complexity index is 660. The third kappa shape index (κ3) is 3.60. The summed E-state index contributed by atoms with van der Waals surface area (Å²) in [5.74, 6) is 0.821. The summed E-state index contributed by atoms with van der Waals surface area (Å²) < 4.78 is 12.0. The van der Waals surface area contributed by atoms with E-state index in [0.29, 0.717) is 19.7 Å². The molecule has 22 heavy (non-hydrogen) atoms. The van der Waals surface area contributed by atoms with Gasteiger partial charge in [0.15, 0.2) is 0 Å². The third-order valence-corrected chi connectivity index (χ3v) is 3.96. The van der Waals surface area contributed by atoms with Crippen molar-refractivity contribution in [2.24, 2.45) is 0 Å². The maximum absolute atomic E-state index is 12.3. The fraction of sp³-hybridized carbons (Fsp3) is 0.235. The lowest BCUT2D eigenvalue weighted by atomic mass is 10.2. The molecule has 5 heteroatoms. The molecule has 1 heterocycles. The van der Waals surface area contributed by atoms with Crippen molar-refractivity contribution in [3.05, 3.63) is 64.1 Å². The molecule has 0 saturated heterocycles. The number of fused-ring (bicyclic) bond motifs is 1. The van der Waals surface area contributed by atoms with Crippen LogP contribution in [0, 0.1) is 0 Å². The predicted molar refractivity (Wildman–Crippen MR) is 86.7 cm³/mol. The molecular weight excluding hydrogens is 346 g/mol. The minimum Gasteiger partial charge on any atom is -0.491 e. The van der Waals surface area contributed by atoms with Crippen molar-refractivity contribution in [1.82, 2.24) is 4.90 Å². The number of ether oxygens (including phenoxy) is 2. The van der Waals surface area contributed by atoms with Gasteiger partial charge in [-0.15, -0.1) is 0 Å². The van der Waals surface area contributed by atoms with Crippen molar-refractivity contribution < 1.29 is 14.3 Å². The highest BCUT2D eigenvalue weighted by molar-refractivity contribution is 9.10. The van der Waals surface area contributed by atoms with Gasteiger partial charge in [-0.05, 0) is 23.8 Å². The lowest BCUT2D eigenvalue weighted by Crippen LogP contribution is -2.32. The smallest absolute Gasteiger partial charge is 0.410 e. The Morgan fingerprint density at radius 3 is 2.86 bits per heavy atom. The topological polar surface area (TPSA) is 38.8 Å². The van der Waals surface area contributed by atoms with Crippen LogP contribution >= 0.6 is 15.9 Å². The van der Waals surface area contributed by atoms with Crippen LogP contribution in [0.5, 0.6) is 5.75 Å². The molecule has 0 radical (unpaired) electrons. The Morgan fingerprint density at radius 2 is 2.05 bits per heavy atom. The Labute approximate surface area is 137 Å². The quantitative estimate of drug-likeness (QED) is 0.811. The molecule has 1 aliphatic heterocycles. The molecule has 0 N–H and O–H groups in total. The number of hydrogen-bond acceptors (Lipinski definition) is 3. The summed E-state index contributed by atoms with van der Waals surface area (Å²) in [4.78, 5) is 13.9. The minimum atomic E-state index is -0.319. The van der Waals surface area contributed by atoms with Crippen LogP contribution in [0.4, 0.5) is 4.79 Å². The van der Waals surface area contributed by atoms with Crippen LogP contribution in [0.2, 0.25) is 0 Å². The first kappa shape index (κ1) is 14.9. The molecule has 3 rings (SSSR count). The lowest BCUT2D eigenvalue weighted by Gasteiger charge is -2.19. The monoisotopic (exact) mass is 361 g/mol. The molecule has 1 amide bonds. The van der Waals surface area contributed by atoms with Crippen molar-refractivity contribution in [3.63, 3.8) is 0 Å². The summed E-state index contributed by atoms with van der Waals surface area (Å²) in [6.07, 6.45) is -0.319. The summed E-state index contributed by atoms with van der Waals surface area (Å²) in [5, 5.41) is 0. The summed E-state index contributed by atoms with van der Waals surface area (Å²) in [6, 6.07) is 15.5. The highest BCUT2D eigenvalue weighted by atomic mass is 79.9. The molecule has 1 aliphatic rings. The highest BCUT2D eigenvalue weighted by Gasteiger charge is 2.21. The second kappa shape index (κ2) is 6.83. The molecule has 0 saturated carbocycles. The number of halogens is 1. The fourth-order valence-corrected chi connectivity index (χ4v) is 2.74. The zero-order chi connectivity index (χ0) is 15.4. The number of carbonyl (C=O) groups excluding carboxylic acids is 1. The standard InChI is InChI=1S/C17H16BrNO3/c18-15-6-7-16-14(10-15)11-19(8-9-21-16)17(20)22-12-13-4-2-1-3-5-13/h1-7,10H,8-9,11-12H2. The van der Waals surface area contributed by atoms with E-state index in [1.54, 1.807) is 4.90 Å². The zero-order valence-corrected chi connectivity index (χ0v) is 13.6. The highest BCUT2D eigenvalue weighted by Crippen LogP contribution is 2.26. The van der Waals surface area contributed by atoms with Gasteiger partial charge >= 0.3 is 6.09 Å². The van der Waals surface area contributed by atoms with Crippen LogP contribution in [-0.4, -0.2) is 24.1 Å². The first-order valence-electron chi connectivity index (χ1n) is 7.09. The number of nitrogens with zero attached hydrogens (tertiary/aromatic N) is 1. The van der Waals surface area contributed by atoms with Gasteiger partial charge in [0.1, 0.15) is 19.0 Å². The van der Waals surface area contributed by atoms with E-state index in [-0.39, 0.29) is 12.7 Å². The maximum Gasteiger partial charge on any atom is 0.410 e. The Kier molecular flexibility index (Phi) is 4.63. The van der Waals surface area contributed by atoms with Gasteiger partial charge in [-0.25, -0.2) is 4.79 Å². The predicted octanol–water partition coefficient (Wildman–Crippen LogP) is 3.98. The lowest BCUT2D eigenvalue weighted by molar-refractivity contribution is 0.0913. The van der Waals surface area contributed by atoms with Gasteiger partial charge in [-0.1, -0.05) is 46.3 Å². The summed E-state index contributed by atoms with van der Waals surface area (Å²) in [7, 11) is 0. The first-order valence-corrected chi connectivity index (χ1v) is 7.88. The molecule has 0 fully saturated rings. The second-order valence-electron chi connectivity index (χ2n) is 5.06. The molecule has 0 aromatic heterocycles. The largest absolute Gasteiger partial charge is 0.491 e. The van der Waals surface area contributed by atoms with Crippen molar-refractivity contribution in [3.8, 4) is 5.75 Å². The normalized spacial score (nSPS) is 13.8. The molecular formula is C17H16BrNO3. The molecule has 2 aromatic rings. The molecule has 0 atom stereocenters. The van der Waals surface area contributed by atoms with Gasteiger partial charge < -0.3 is 14.4 Å². The van der Waals surface area contributed by atoms with Gasteiger partial charge in [0.25, 0.3) is 0 Å². The van der Waals surface area contributed by atoms with E-state index in [0.717, 1.165) is 21.3 Å². The van der Waals surface area contributed by atoms with E-state index in [1.807, 2.05) is 48.5 Å². The summed E-state index contributed by atoms with van der Waals surface area (Å²) in [6.45, 7) is 1.75. The SMILES string of the molecule is O=C(OCc1ccccc1)N1CCOc2ccc(Br)cc2C1. The number of carbonyl (C=O) groups is 1. The molecule has 0 aliphatic carbocycles. The summed E-state index contributed by atoms with van der Waals surface area (Å²) in [5.41, 5.74) is 1.95. The molecule has 0 bridgehead atoms. The molecule has 0 spiro atoms. The van der Waals surface area contributed by atoms with E-state index in [4.69, 9.17) is 9.47 Å². The van der Waals surface area contributed by atoms with Crippen LogP contribution in [-0.2, 0) is 17.9 Å².